The molecule has 0 saturated heterocycles. The van der Waals surface area contributed by atoms with Crippen molar-refractivity contribution in [3.05, 3.63) is 16.1 Å². The van der Waals surface area contributed by atoms with E-state index in [0.29, 0.717) is 0 Å². The Labute approximate surface area is 84.4 Å². The second kappa shape index (κ2) is 5.35. The number of rotatable bonds is 5. The molecule has 1 aromatic rings. The predicted molar refractivity (Wildman–Crippen MR) is 58.3 cm³/mol. The molecule has 74 valence electrons. The van der Waals surface area contributed by atoms with Crippen molar-refractivity contribution in [3.8, 4) is 0 Å². The first-order valence-electron chi connectivity index (χ1n) is 4.81. The van der Waals surface area contributed by atoms with Gasteiger partial charge < -0.3 is 5.32 Å². The molecule has 1 unspecified atom stereocenters. The van der Waals surface area contributed by atoms with Crippen molar-refractivity contribution < 1.29 is 0 Å². The molecule has 0 aliphatic carbocycles. The van der Waals surface area contributed by atoms with E-state index in [1.807, 2.05) is 7.05 Å². The van der Waals surface area contributed by atoms with Gasteiger partial charge in [-0.25, -0.2) is 4.98 Å². The minimum atomic E-state index is 0.728. The van der Waals surface area contributed by atoms with Gasteiger partial charge in [0.1, 0.15) is 0 Å². The van der Waals surface area contributed by atoms with Gasteiger partial charge in [-0.05, 0) is 32.9 Å². The van der Waals surface area contributed by atoms with E-state index in [0.717, 1.165) is 18.9 Å². The fourth-order valence-electron chi connectivity index (χ4n) is 1.45. The van der Waals surface area contributed by atoms with Gasteiger partial charge >= 0.3 is 0 Å². The lowest BCUT2D eigenvalue weighted by Crippen LogP contribution is -2.20. The first-order valence-corrected chi connectivity index (χ1v) is 5.69. The summed E-state index contributed by atoms with van der Waals surface area (Å²) in [4.78, 5) is 4.47. The van der Waals surface area contributed by atoms with Crippen molar-refractivity contribution in [1.82, 2.24) is 10.3 Å². The molecule has 1 N–H and O–H groups in total. The molecule has 3 heteroatoms. The normalized spacial score (nSPS) is 13.2. The quantitative estimate of drug-likeness (QED) is 0.785. The first-order chi connectivity index (χ1) is 6.26. The minimum Gasteiger partial charge on any atom is -0.319 e. The van der Waals surface area contributed by atoms with E-state index in [1.165, 1.54) is 17.1 Å². The van der Waals surface area contributed by atoms with E-state index in [2.05, 4.69) is 29.5 Å². The first kappa shape index (κ1) is 10.7. The number of nitrogens with zero attached hydrogens (tertiary/aromatic N) is 1. The zero-order valence-corrected chi connectivity index (χ0v) is 9.45. The molecule has 13 heavy (non-hydrogen) atoms. The van der Waals surface area contributed by atoms with Gasteiger partial charge in [0.2, 0.25) is 0 Å². The smallest absolute Gasteiger partial charge is 0.0897 e. The Bertz CT molecular complexity index is 245. The lowest BCUT2D eigenvalue weighted by atomic mass is 10.0. The monoisotopic (exact) mass is 198 g/mol. The van der Waals surface area contributed by atoms with Crippen LogP contribution in [0.2, 0.25) is 0 Å². The number of hydrogen-bond acceptors (Lipinski definition) is 3. The van der Waals surface area contributed by atoms with Crippen LogP contribution in [0, 0.1) is 12.8 Å². The molecule has 1 atom stereocenters. The zero-order chi connectivity index (χ0) is 9.68. The Morgan fingerprint density at radius 1 is 1.62 bits per heavy atom. The minimum absolute atomic E-state index is 0.728. The number of aromatic nitrogens is 1. The maximum Gasteiger partial charge on any atom is 0.0897 e. The Morgan fingerprint density at radius 2 is 2.38 bits per heavy atom. The molecule has 0 aromatic carbocycles. The van der Waals surface area contributed by atoms with Gasteiger partial charge in [0.05, 0.1) is 10.7 Å². The highest BCUT2D eigenvalue weighted by atomic mass is 32.1. The lowest BCUT2D eigenvalue weighted by Gasteiger charge is -2.11. The van der Waals surface area contributed by atoms with Gasteiger partial charge in [-0.15, -0.1) is 11.3 Å². The largest absolute Gasteiger partial charge is 0.319 e. The fourth-order valence-corrected chi connectivity index (χ4v) is 2.07. The van der Waals surface area contributed by atoms with Crippen molar-refractivity contribution in [1.29, 1.82) is 0 Å². The van der Waals surface area contributed by atoms with Crippen LogP contribution in [0.3, 0.4) is 0 Å². The molecule has 0 amide bonds. The summed E-state index contributed by atoms with van der Waals surface area (Å²) >= 11 is 1.74. The van der Waals surface area contributed by atoms with Crippen molar-refractivity contribution in [3.63, 3.8) is 0 Å². The molecule has 0 fully saturated rings. The Morgan fingerprint density at radius 3 is 2.85 bits per heavy atom. The molecule has 1 heterocycles. The van der Waals surface area contributed by atoms with Crippen LogP contribution >= 0.6 is 11.3 Å². The fraction of sp³-hybridized carbons (Fsp3) is 0.700. The standard InChI is InChI=1S/C10H18N2S/c1-4-9(6-11-3)5-10-7-13-8(2)12-10/h7,9,11H,4-6H2,1-3H3. The molecule has 0 spiro atoms. The Balaban J connectivity index is 2.46. The molecule has 0 radical (unpaired) electrons. The van der Waals surface area contributed by atoms with Gasteiger partial charge in [0.15, 0.2) is 0 Å². The topological polar surface area (TPSA) is 24.9 Å². The highest BCUT2D eigenvalue weighted by molar-refractivity contribution is 7.09. The van der Waals surface area contributed by atoms with E-state index >= 15 is 0 Å². The molecule has 1 aromatic heterocycles. The van der Waals surface area contributed by atoms with Crippen molar-refractivity contribution in [2.24, 2.45) is 5.92 Å². The van der Waals surface area contributed by atoms with Crippen LogP contribution in [0.25, 0.3) is 0 Å². The molecule has 0 aliphatic rings. The maximum absolute atomic E-state index is 4.47. The highest BCUT2D eigenvalue weighted by Gasteiger charge is 2.08. The third-order valence-corrected chi connectivity index (χ3v) is 3.06. The second-order valence-electron chi connectivity index (χ2n) is 3.39. The van der Waals surface area contributed by atoms with E-state index in [9.17, 15) is 0 Å². The predicted octanol–water partition coefficient (Wildman–Crippen LogP) is 2.24. The van der Waals surface area contributed by atoms with Gasteiger partial charge in [0.25, 0.3) is 0 Å². The van der Waals surface area contributed by atoms with E-state index in [4.69, 9.17) is 0 Å². The zero-order valence-electron chi connectivity index (χ0n) is 8.63. The van der Waals surface area contributed by atoms with Gasteiger partial charge in [-0.3, -0.25) is 0 Å². The number of aryl methyl sites for hydroxylation is 1. The highest BCUT2D eigenvalue weighted by Crippen LogP contribution is 2.14. The summed E-state index contributed by atoms with van der Waals surface area (Å²) in [6.45, 7) is 5.39. The van der Waals surface area contributed by atoms with Gasteiger partial charge in [0, 0.05) is 5.38 Å². The Hall–Kier alpha value is -0.410. The SMILES string of the molecule is CCC(CNC)Cc1csc(C)n1. The van der Waals surface area contributed by atoms with Crippen molar-refractivity contribution >= 4 is 11.3 Å². The van der Waals surface area contributed by atoms with Crippen LogP contribution in [-0.4, -0.2) is 18.6 Å². The van der Waals surface area contributed by atoms with Crippen LogP contribution in [0.1, 0.15) is 24.0 Å². The molecular formula is C10H18N2S. The third-order valence-electron chi connectivity index (χ3n) is 2.23. The molecule has 0 bridgehead atoms. The van der Waals surface area contributed by atoms with E-state index < -0.39 is 0 Å². The molecular weight excluding hydrogens is 180 g/mol. The van der Waals surface area contributed by atoms with Gasteiger partial charge in [-0.1, -0.05) is 13.3 Å². The Kier molecular flexibility index (Phi) is 4.39. The van der Waals surface area contributed by atoms with Gasteiger partial charge in [-0.2, -0.15) is 0 Å². The van der Waals surface area contributed by atoms with Crippen LogP contribution < -0.4 is 5.32 Å². The summed E-state index contributed by atoms with van der Waals surface area (Å²) in [6, 6.07) is 0. The van der Waals surface area contributed by atoms with E-state index in [1.54, 1.807) is 11.3 Å². The summed E-state index contributed by atoms with van der Waals surface area (Å²) in [5.74, 6) is 0.728. The van der Waals surface area contributed by atoms with Crippen LogP contribution in [0.15, 0.2) is 5.38 Å². The third kappa shape index (κ3) is 3.44. The number of nitrogens with one attached hydrogen (secondary N) is 1. The van der Waals surface area contributed by atoms with Crippen molar-refractivity contribution in [2.45, 2.75) is 26.7 Å². The average Bonchev–Trinajstić information content (AvgIpc) is 2.50. The molecule has 2 nitrogen and oxygen atoms in total. The van der Waals surface area contributed by atoms with Crippen LogP contribution in [0.4, 0.5) is 0 Å². The average molecular weight is 198 g/mol. The van der Waals surface area contributed by atoms with Crippen LogP contribution in [0.5, 0.6) is 0 Å². The molecule has 0 aliphatic heterocycles. The van der Waals surface area contributed by atoms with Crippen LogP contribution in [-0.2, 0) is 6.42 Å². The number of thiazole rings is 1. The molecule has 1 rings (SSSR count). The second-order valence-corrected chi connectivity index (χ2v) is 4.46. The summed E-state index contributed by atoms with van der Waals surface area (Å²) < 4.78 is 0. The molecule has 0 saturated carbocycles. The summed E-state index contributed by atoms with van der Waals surface area (Å²) in [7, 11) is 2.01. The van der Waals surface area contributed by atoms with Crippen molar-refractivity contribution in [2.75, 3.05) is 13.6 Å². The lowest BCUT2D eigenvalue weighted by molar-refractivity contribution is 0.477. The summed E-state index contributed by atoms with van der Waals surface area (Å²) in [5.41, 5.74) is 1.25. The summed E-state index contributed by atoms with van der Waals surface area (Å²) in [5, 5.41) is 6.57. The number of hydrogen-bond donors (Lipinski definition) is 1. The summed E-state index contributed by atoms with van der Waals surface area (Å²) in [6.07, 6.45) is 2.33. The maximum atomic E-state index is 4.47. The van der Waals surface area contributed by atoms with E-state index in [-0.39, 0.29) is 0 Å².